The molecule has 0 amide bonds. The summed E-state index contributed by atoms with van der Waals surface area (Å²) in [4.78, 5) is 16.0. The van der Waals surface area contributed by atoms with E-state index < -0.39 is 0 Å². The molecule has 0 N–H and O–H groups in total. The lowest BCUT2D eigenvalue weighted by Gasteiger charge is -2.46. The smallest absolute Gasteiger partial charge is 0.209 e. The SMILES string of the molecule is C1=CC2N(C=C1)C1=NCCN1C1=NCCN12. The van der Waals surface area contributed by atoms with Crippen LogP contribution in [0.3, 0.4) is 0 Å². The van der Waals surface area contributed by atoms with E-state index in [0.717, 1.165) is 38.1 Å². The van der Waals surface area contributed by atoms with Crippen LogP contribution in [-0.4, -0.2) is 59.0 Å². The van der Waals surface area contributed by atoms with Gasteiger partial charge in [-0.05, 0) is 12.2 Å². The molecule has 0 spiro atoms. The second-order valence-electron chi connectivity index (χ2n) is 4.26. The number of guanidine groups is 2. The molecule has 5 heteroatoms. The number of allylic oxidation sites excluding steroid dienone is 2. The van der Waals surface area contributed by atoms with Crippen molar-refractivity contribution in [2.45, 2.75) is 6.17 Å². The van der Waals surface area contributed by atoms with E-state index in [0.29, 0.717) is 0 Å². The van der Waals surface area contributed by atoms with Crippen LogP contribution in [0.15, 0.2) is 34.4 Å². The van der Waals surface area contributed by atoms with Gasteiger partial charge in [-0.15, -0.1) is 0 Å². The molecule has 4 heterocycles. The van der Waals surface area contributed by atoms with Crippen LogP contribution in [0.2, 0.25) is 0 Å². The monoisotopic (exact) mass is 215 g/mol. The zero-order chi connectivity index (χ0) is 10.5. The van der Waals surface area contributed by atoms with Crippen LogP contribution in [0, 0.1) is 0 Å². The summed E-state index contributed by atoms with van der Waals surface area (Å²) in [5.74, 6) is 2.17. The molecular formula is C11H13N5. The first kappa shape index (κ1) is 8.38. The van der Waals surface area contributed by atoms with E-state index in [1.165, 1.54) is 0 Å². The Morgan fingerprint density at radius 3 is 2.94 bits per heavy atom. The average molecular weight is 215 g/mol. The molecule has 4 aliphatic heterocycles. The summed E-state index contributed by atoms with van der Waals surface area (Å²) < 4.78 is 0. The topological polar surface area (TPSA) is 34.4 Å². The fraction of sp³-hybridized carbons (Fsp3) is 0.455. The molecule has 4 aliphatic rings. The summed E-state index contributed by atoms with van der Waals surface area (Å²) in [6, 6.07) is 0. The van der Waals surface area contributed by atoms with Gasteiger partial charge in [0.1, 0.15) is 6.17 Å². The molecule has 1 unspecified atom stereocenters. The average Bonchev–Trinajstić information content (AvgIpc) is 2.98. The molecule has 0 saturated carbocycles. The van der Waals surface area contributed by atoms with Crippen molar-refractivity contribution in [2.75, 3.05) is 26.2 Å². The Kier molecular flexibility index (Phi) is 1.50. The predicted octanol–water partition coefficient (Wildman–Crippen LogP) is 0.0548. The molecule has 0 aromatic carbocycles. The number of fused-ring (bicyclic) bond motifs is 6. The maximum absolute atomic E-state index is 4.59. The van der Waals surface area contributed by atoms with Crippen LogP contribution >= 0.6 is 0 Å². The van der Waals surface area contributed by atoms with E-state index in [2.05, 4.69) is 49.1 Å². The summed E-state index contributed by atoms with van der Waals surface area (Å²) in [6.07, 6.45) is 8.76. The van der Waals surface area contributed by atoms with Gasteiger partial charge in [0.2, 0.25) is 11.9 Å². The van der Waals surface area contributed by atoms with Crippen molar-refractivity contribution in [1.29, 1.82) is 0 Å². The van der Waals surface area contributed by atoms with Crippen molar-refractivity contribution in [1.82, 2.24) is 14.7 Å². The lowest BCUT2D eigenvalue weighted by molar-refractivity contribution is 0.206. The largest absolute Gasteiger partial charge is 0.316 e. The Hall–Kier alpha value is -1.78. The number of rotatable bonds is 0. The second-order valence-corrected chi connectivity index (χ2v) is 4.26. The fourth-order valence-electron chi connectivity index (χ4n) is 2.71. The molecular weight excluding hydrogens is 202 g/mol. The van der Waals surface area contributed by atoms with Gasteiger partial charge in [-0.25, -0.2) is 0 Å². The van der Waals surface area contributed by atoms with Crippen LogP contribution < -0.4 is 0 Å². The highest BCUT2D eigenvalue weighted by molar-refractivity contribution is 6.03. The maximum Gasteiger partial charge on any atom is 0.209 e. The maximum atomic E-state index is 4.59. The highest BCUT2D eigenvalue weighted by Crippen LogP contribution is 2.27. The van der Waals surface area contributed by atoms with Gasteiger partial charge >= 0.3 is 0 Å². The Balaban J connectivity index is 1.83. The molecule has 5 nitrogen and oxygen atoms in total. The first-order valence-corrected chi connectivity index (χ1v) is 5.71. The van der Waals surface area contributed by atoms with Gasteiger partial charge in [0.15, 0.2) is 0 Å². The van der Waals surface area contributed by atoms with Crippen LogP contribution in [0.5, 0.6) is 0 Å². The molecule has 0 aromatic rings. The van der Waals surface area contributed by atoms with Crippen LogP contribution in [0.25, 0.3) is 0 Å². The van der Waals surface area contributed by atoms with Gasteiger partial charge in [-0.3, -0.25) is 19.8 Å². The molecule has 1 fully saturated rings. The van der Waals surface area contributed by atoms with Gasteiger partial charge in [0.05, 0.1) is 13.1 Å². The molecule has 4 rings (SSSR count). The molecule has 0 aromatic heterocycles. The summed E-state index contributed by atoms with van der Waals surface area (Å²) in [5, 5.41) is 0. The van der Waals surface area contributed by atoms with Crippen molar-refractivity contribution in [3.05, 3.63) is 24.4 Å². The van der Waals surface area contributed by atoms with E-state index in [1.807, 2.05) is 0 Å². The van der Waals surface area contributed by atoms with E-state index in [9.17, 15) is 0 Å². The third kappa shape index (κ3) is 0.905. The van der Waals surface area contributed by atoms with E-state index >= 15 is 0 Å². The van der Waals surface area contributed by atoms with Gasteiger partial charge in [-0.1, -0.05) is 6.08 Å². The van der Waals surface area contributed by atoms with Gasteiger partial charge in [0, 0.05) is 19.3 Å². The lowest BCUT2D eigenvalue weighted by atomic mass is 10.2. The number of hydrogen-bond donors (Lipinski definition) is 0. The van der Waals surface area contributed by atoms with Crippen molar-refractivity contribution < 1.29 is 0 Å². The zero-order valence-corrected chi connectivity index (χ0v) is 8.95. The standard InChI is InChI=1S/C11H13N5/c1-2-6-14-9(3-1)15-7-4-12-11(15)16-8-5-13-10(14)16/h1-3,6,9H,4-5,7-8H2. The molecule has 1 saturated heterocycles. The summed E-state index contributed by atoms with van der Waals surface area (Å²) in [5.41, 5.74) is 0. The second kappa shape index (κ2) is 2.87. The minimum atomic E-state index is 0.277. The number of hydrogen-bond acceptors (Lipinski definition) is 5. The molecule has 0 radical (unpaired) electrons. The Morgan fingerprint density at radius 1 is 1.06 bits per heavy atom. The normalized spacial score (nSPS) is 30.0. The predicted molar refractivity (Wildman–Crippen MR) is 61.9 cm³/mol. The minimum absolute atomic E-state index is 0.277. The molecule has 0 aliphatic carbocycles. The number of aliphatic imine (C=N–C) groups is 2. The van der Waals surface area contributed by atoms with E-state index in [-0.39, 0.29) is 6.17 Å². The van der Waals surface area contributed by atoms with Crippen LogP contribution in [0.4, 0.5) is 0 Å². The highest BCUT2D eigenvalue weighted by Gasteiger charge is 2.42. The first-order chi connectivity index (χ1) is 7.95. The van der Waals surface area contributed by atoms with Crippen molar-refractivity contribution in [3.8, 4) is 0 Å². The molecule has 0 bridgehead atoms. The van der Waals surface area contributed by atoms with E-state index in [4.69, 9.17) is 0 Å². The van der Waals surface area contributed by atoms with Crippen LogP contribution in [-0.2, 0) is 0 Å². The Labute approximate surface area is 94.1 Å². The lowest BCUT2D eigenvalue weighted by Crippen LogP contribution is -2.63. The molecule has 82 valence electrons. The Morgan fingerprint density at radius 2 is 1.94 bits per heavy atom. The zero-order valence-electron chi connectivity index (χ0n) is 8.95. The van der Waals surface area contributed by atoms with Crippen molar-refractivity contribution in [3.63, 3.8) is 0 Å². The van der Waals surface area contributed by atoms with Crippen molar-refractivity contribution in [2.24, 2.45) is 9.98 Å². The molecule has 1 atom stereocenters. The van der Waals surface area contributed by atoms with Gasteiger partial charge < -0.3 is 4.90 Å². The minimum Gasteiger partial charge on any atom is -0.316 e. The Bertz CT molecular complexity index is 447. The van der Waals surface area contributed by atoms with Gasteiger partial charge in [0.25, 0.3) is 0 Å². The summed E-state index contributed by atoms with van der Waals surface area (Å²) in [6.45, 7) is 3.76. The highest BCUT2D eigenvalue weighted by atomic mass is 15.6. The van der Waals surface area contributed by atoms with E-state index in [1.54, 1.807) is 0 Å². The summed E-state index contributed by atoms with van der Waals surface area (Å²) in [7, 11) is 0. The summed E-state index contributed by atoms with van der Waals surface area (Å²) >= 11 is 0. The quantitative estimate of drug-likeness (QED) is 0.573. The van der Waals surface area contributed by atoms with Crippen molar-refractivity contribution >= 4 is 11.9 Å². The first-order valence-electron chi connectivity index (χ1n) is 5.71. The fourth-order valence-corrected chi connectivity index (χ4v) is 2.71. The van der Waals surface area contributed by atoms with Crippen LogP contribution in [0.1, 0.15) is 0 Å². The third-order valence-electron chi connectivity index (χ3n) is 3.39. The molecule has 16 heavy (non-hydrogen) atoms. The van der Waals surface area contributed by atoms with Gasteiger partial charge in [-0.2, -0.15) is 0 Å². The number of nitrogens with zero attached hydrogens (tertiary/aromatic N) is 5. The third-order valence-corrected chi connectivity index (χ3v) is 3.39.